The summed E-state index contributed by atoms with van der Waals surface area (Å²) in [6.45, 7) is 7.98. The molecule has 1 aliphatic rings. The van der Waals surface area contributed by atoms with E-state index in [4.69, 9.17) is 4.74 Å². The summed E-state index contributed by atoms with van der Waals surface area (Å²) >= 11 is 0. The maximum absolute atomic E-state index is 12.3. The lowest BCUT2D eigenvalue weighted by Crippen LogP contribution is -2.43. The highest BCUT2D eigenvalue weighted by atomic mass is 16.5. The van der Waals surface area contributed by atoms with E-state index in [1.165, 1.54) is 0 Å². The second-order valence-electron chi connectivity index (χ2n) is 5.34. The molecule has 1 fully saturated rings. The number of nitrogens with zero attached hydrogens (tertiary/aromatic N) is 1. The van der Waals surface area contributed by atoms with E-state index in [-0.39, 0.29) is 24.5 Å². The number of carbonyl (C=O) groups is 2. The summed E-state index contributed by atoms with van der Waals surface area (Å²) in [6, 6.07) is 0.0217. The van der Waals surface area contributed by atoms with Gasteiger partial charge in [0, 0.05) is 12.5 Å². The zero-order valence-corrected chi connectivity index (χ0v) is 12.3. The van der Waals surface area contributed by atoms with Crippen molar-refractivity contribution in [1.82, 2.24) is 10.2 Å². The van der Waals surface area contributed by atoms with E-state index < -0.39 is 0 Å². The molecule has 1 unspecified atom stereocenters. The third kappa shape index (κ3) is 5.59. The average molecular weight is 270 g/mol. The van der Waals surface area contributed by atoms with Crippen molar-refractivity contribution in [1.29, 1.82) is 0 Å². The van der Waals surface area contributed by atoms with Crippen LogP contribution in [0.15, 0.2) is 0 Å². The first-order chi connectivity index (χ1) is 9.04. The van der Waals surface area contributed by atoms with Crippen molar-refractivity contribution < 1.29 is 14.3 Å². The van der Waals surface area contributed by atoms with Crippen molar-refractivity contribution in [2.24, 2.45) is 5.92 Å². The van der Waals surface area contributed by atoms with Gasteiger partial charge in [-0.25, -0.2) is 0 Å². The van der Waals surface area contributed by atoms with Gasteiger partial charge in [-0.3, -0.25) is 9.59 Å². The van der Waals surface area contributed by atoms with Crippen LogP contribution in [-0.4, -0.2) is 49.1 Å². The zero-order valence-electron chi connectivity index (χ0n) is 12.3. The Kier molecular flexibility index (Phi) is 6.84. The molecule has 110 valence electrons. The predicted octanol–water partition coefficient (Wildman–Crippen LogP) is 1.18. The lowest BCUT2D eigenvalue weighted by atomic mass is 9.95. The smallest absolute Gasteiger partial charge is 0.325 e. The number of ether oxygens (including phenoxy) is 1. The quantitative estimate of drug-likeness (QED) is 0.736. The topological polar surface area (TPSA) is 58.6 Å². The van der Waals surface area contributed by atoms with Crippen LogP contribution in [0, 0.1) is 5.92 Å². The van der Waals surface area contributed by atoms with Crippen molar-refractivity contribution in [3.63, 3.8) is 0 Å². The number of nitrogens with one attached hydrogen (secondary N) is 1. The molecule has 1 N–H and O–H groups in total. The molecular formula is C14H26N2O3. The van der Waals surface area contributed by atoms with Crippen molar-refractivity contribution in [2.75, 3.05) is 26.2 Å². The summed E-state index contributed by atoms with van der Waals surface area (Å²) in [5.74, 6) is 0.118. The minimum atomic E-state index is -0.327. The number of hydrogen-bond acceptors (Lipinski definition) is 4. The maximum Gasteiger partial charge on any atom is 0.325 e. The molecule has 19 heavy (non-hydrogen) atoms. The van der Waals surface area contributed by atoms with Crippen LogP contribution in [0.1, 0.15) is 40.0 Å². The van der Waals surface area contributed by atoms with Crippen LogP contribution in [0.5, 0.6) is 0 Å². The minimum Gasteiger partial charge on any atom is -0.465 e. The number of piperidine rings is 1. The molecule has 0 spiro atoms. The Morgan fingerprint density at radius 3 is 2.68 bits per heavy atom. The molecule has 5 nitrogen and oxygen atoms in total. The zero-order chi connectivity index (χ0) is 14.3. The standard InChI is InChI=1S/C14H26N2O3/c1-4-19-14(18)10-16(11(2)3)13(17)8-12-6-5-7-15-9-12/h11-12,15H,4-10H2,1-3H3. The van der Waals surface area contributed by atoms with Crippen LogP contribution in [0.4, 0.5) is 0 Å². The van der Waals surface area contributed by atoms with Crippen molar-refractivity contribution in [3.8, 4) is 0 Å². The lowest BCUT2D eigenvalue weighted by molar-refractivity contribution is -0.150. The molecule has 0 bridgehead atoms. The summed E-state index contributed by atoms with van der Waals surface area (Å²) in [5, 5.41) is 3.31. The Balaban J connectivity index is 2.49. The number of hydrogen-bond donors (Lipinski definition) is 1. The Bertz CT molecular complexity index is 299. The molecule has 0 radical (unpaired) electrons. The van der Waals surface area contributed by atoms with Crippen molar-refractivity contribution >= 4 is 11.9 Å². The number of amides is 1. The van der Waals surface area contributed by atoms with Gasteiger partial charge in [-0.1, -0.05) is 0 Å². The molecule has 0 aromatic carbocycles. The number of rotatable bonds is 6. The predicted molar refractivity (Wildman–Crippen MR) is 73.7 cm³/mol. The van der Waals surface area contributed by atoms with Gasteiger partial charge < -0.3 is 15.0 Å². The molecule has 1 aliphatic heterocycles. The fourth-order valence-electron chi connectivity index (χ4n) is 2.37. The molecular weight excluding hydrogens is 244 g/mol. The molecule has 0 aromatic rings. The van der Waals surface area contributed by atoms with E-state index in [1.54, 1.807) is 11.8 Å². The minimum absolute atomic E-state index is 0.0217. The SMILES string of the molecule is CCOC(=O)CN(C(=O)CC1CCCNC1)C(C)C. The Hall–Kier alpha value is -1.10. The molecule has 0 saturated carbocycles. The molecule has 1 amide bonds. The van der Waals surface area contributed by atoms with E-state index in [0.717, 1.165) is 25.9 Å². The molecule has 1 atom stereocenters. The van der Waals surface area contributed by atoms with Gasteiger partial charge in [0.25, 0.3) is 0 Å². The molecule has 1 saturated heterocycles. The largest absolute Gasteiger partial charge is 0.465 e. The first-order valence-corrected chi connectivity index (χ1v) is 7.20. The number of esters is 1. The summed E-state index contributed by atoms with van der Waals surface area (Å²) < 4.78 is 4.92. The van der Waals surface area contributed by atoms with Gasteiger partial charge >= 0.3 is 5.97 Å². The molecule has 1 heterocycles. The highest BCUT2D eigenvalue weighted by Crippen LogP contribution is 2.16. The van der Waals surface area contributed by atoms with Crippen LogP contribution in [-0.2, 0) is 14.3 Å². The second-order valence-corrected chi connectivity index (χ2v) is 5.34. The molecule has 1 rings (SSSR count). The number of carbonyl (C=O) groups excluding carboxylic acids is 2. The lowest BCUT2D eigenvalue weighted by Gasteiger charge is -2.29. The first-order valence-electron chi connectivity index (χ1n) is 7.20. The van der Waals surface area contributed by atoms with Crippen LogP contribution < -0.4 is 5.32 Å². The third-order valence-electron chi connectivity index (χ3n) is 3.41. The van der Waals surface area contributed by atoms with Crippen molar-refractivity contribution in [2.45, 2.75) is 46.1 Å². The highest BCUT2D eigenvalue weighted by molar-refractivity contribution is 5.82. The van der Waals surface area contributed by atoms with Gasteiger partial charge in [0.15, 0.2) is 0 Å². The highest BCUT2D eigenvalue weighted by Gasteiger charge is 2.24. The monoisotopic (exact) mass is 270 g/mol. The van der Waals surface area contributed by atoms with Crippen LogP contribution >= 0.6 is 0 Å². The Morgan fingerprint density at radius 2 is 2.16 bits per heavy atom. The van der Waals surface area contributed by atoms with Crippen molar-refractivity contribution in [3.05, 3.63) is 0 Å². The van der Waals surface area contributed by atoms with E-state index in [2.05, 4.69) is 5.32 Å². The average Bonchev–Trinajstić information content (AvgIpc) is 2.37. The fourth-order valence-corrected chi connectivity index (χ4v) is 2.37. The van der Waals surface area contributed by atoms with E-state index >= 15 is 0 Å². The summed E-state index contributed by atoms with van der Waals surface area (Å²) in [5.41, 5.74) is 0. The second kappa shape index (κ2) is 8.15. The third-order valence-corrected chi connectivity index (χ3v) is 3.41. The van der Waals surface area contributed by atoms with Gasteiger partial charge in [-0.05, 0) is 52.6 Å². The summed E-state index contributed by atoms with van der Waals surface area (Å²) in [7, 11) is 0. The molecule has 0 aliphatic carbocycles. The van der Waals surface area contributed by atoms with E-state index in [9.17, 15) is 9.59 Å². The Morgan fingerprint density at radius 1 is 1.42 bits per heavy atom. The van der Waals surface area contributed by atoms with Crippen LogP contribution in [0.3, 0.4) is 0 Å². The van der Waals surface area contributed by atoms with E-state index in [0.29, 0.717) is 18.9 Å². The Labute approximate surface area is 115 Å². The maximum atomic E-state index is 12.3. The molecule has 5 heteroatoms. The van der Waals surface area contributed by atoms with Gasteiger partial charge in [-0.15, -0.1) is 0 Å². The van der Waals surface area contributed by atoms with Gasteiger partial charge in [0.2, 0.25) is 5.91 Å². The van der Waals surface area contributed by atoms with Gasteiger partial charge in [-0.2, -0.15) is 0 Å². The van der Waals surface area contributed by atoms with Gasteiger partial charge in [0.05, 0.1) is 6.61 Å². The van der Waals surface area contributed by atoms with E-state index in [1.807, 2.05) is 13.8 Å². The van der Waals surface area contributed by atoms with Gasteiger partial charge in [0.1, 0.15) is 6.54 Å². The normalized spacial score (nSPS) is 19.3. The first kappa shape index (κ1) is 16.0. The fraction of sp³-hybridized carbons (Fsp3) is 0.857. The van der Waals surface area contributed by atoms with Crippen LogP contribution in [0.2, 0.25) is 0 Å². The van der Waals surface area contributed by atoms with Crippen LogP contribution in [0.25, 0.3) is 0 Å². The summed E-state index contributed by atoms with van der Waals surface area (Å²) in [4.78, 5) is 25.4. The summed E-state index contributed by atoms with van der Waals surface area (Å²) in [6.07, 6.45) is 2.73. The molecule has 0 aromatic heterocycles.